The van der Waals surface area contributed by atoms with Crippen LogP contribution in [0.5, 0.6) is 0 Å². The van der Waals surface area contributed by atoms with E-state index in [1.807, 2.05) is 0 Å². The largest absolute Gasteiger partial charge is 0.433 e. The Morgan fingerprint density at radius 1 is 0.742 bits per heavy atom. The van der Waals surface area contributed by atoms with Crippen molar-refractivity contribution < 1.29 is 26.3 Å². The molecule has 4 aromatic heterocycles. The van der Waals surface area contributed by atoms with E-state index in [0.717, 1.165) is 18.3 Å². The molecule has 1 N–H and O–H groups in total. The third kappa shape index (κ3) is 4.25. The van der Waals surface area contributed by atoms with Gasteiger partial charge in [0.05, 0.1) is 28.8 Å². The summed E-state index contributed by atoms with van der Waals surface area (Å²) in [5.74, 6) is 0. The molecule has 0 unspecified atom stereocenters. The maximum atomic E-state index is 13.3. The normalized spacial score (nSPS) is 12.2. The molecule has 4 heterocycles. The zero-order chi connectivity index (χ0) is 22.2. The quantitative estimate of drug-likeness (QED) is 0.408. The van der Waals surface area contributed by atoms with E-state index >= 15 is 0 Å². The molecule has 0 fully saturated rings. The van der Waals surface area contributed by atoms with E-state index in [-0.39, 0.29) is 22.7 Å². The molecule has 0 aliphatic heterocycles. The molecule has 0 amide bonds. The molecule has 0 saturated heterocycles. The Labute approximate surface area is 170 Å². The molecule has 11 heteroatoms. The van der Waals surface area contributed by atoms with Crippen molar-refractivity contribution in [2.45, 2.75) is 12.4 Å². The Kier molecular flexibility index (Phi) is 4.96. The van der Waals surface area contributed by atoms with E-state index in [0.29, 0.717) is 11.1 Å². The number of nitrogens with zero attached hydrogens (tertiary/aromatic N) is 4. The van der Waals surface area contributed by atoms with Gasteiger partial charge in [0.1, 0.15) is 11.4 Å². The summed E-state index contributed by atoms with van der Waals surface area (Å²) >= 11 is 0. The van der Waals surface area contributed by atoms with Crippen LogP contribution in [0.1, 0.15) is 11.3 Å². The minimum absolute atomic E-state index is 0.0127. The summed E-state index contributed by atoms with van der Waals surface area (Å²) in [5, 5.41) is 3.37. The first-order chi connectivity index (χ1) is 14.6. The van der Waals surface area contributed by atoms with Crippen molar-refractivity contribution in [3.63, 3.8) is 0 Å². The predicted molar refractivity (Wildman–Crippen MR) is 100 cm³/mol. The molecule has 0 saturated carbocycles. The van der Waals surface area contributed by atoms with Crippen LogP contribution in [0.2, 0.25) is 0 Å². The Hall–Kier alpha value is -3.76. The first kappa shape index (κ1) is 20.5. The van der Waals surface area contributed by atoms with Gasteiger partial charge in [-0.3, -0.25) is 4.98 Å². The lowest BCUT2D eigenvalue weighted by molar-refractivity contribution is -0.141. The fraction of sp³-hybridized carbons (Fsp3) is 0.100. The lowest BCUT2D eigenvalue weighted by atomic mass is 10.1. The molecule has 0 aliphatic rings. The highest BCUT2D eigenvalue weighted by atomic mass is 19.4. The summed E-state index contributed by atoms with van der Waals surface area (Å²) < 4.78 is 77.8. The summed E-state index contributed by atoms with van der Waals surface area (Å²) in [6, 6.07) is 8.60. The molecule has 5 nitrogen and oxygen atoms in total. The van der Waals surface area contributed by atoms with Gasteiger partial charge in [0.2, 0.25) is 0 Å². The monoisotopic (exact) mass is 435 g/mol. The van der Waals surface area contributed by atoms with Crippen LogP contribution in [0, 0.1) is 0 Å². The number of hydrogen-bond donors (Lipinski definition) is 1. The van der Waals surface area contributed by atoms with Gasteiger partial charge in [0.15, 0.2) is 5.65 Å². The van der Waals surface area contributed by atoms with E-state index in [4.69, 9.17) is 0 Å². The zero-order valence-electron chi connectivity index (χ0n) is 15.3. The second-order valence-electron chi connectivity index (χ2n) is 6.38. The van der Waals surface area contributed by atoms with Crippen LogP contribution >= 0.6 is 0 Å². The predicted octanol–water partition coefficient (Wildman–Crippen LogP) is 5.87. The third-order valence-corrected chi connectivity index (χ3v) is 4.29. The number of fused-ring (bicyclic) bond motifs is 1. The fourth-order valence-corrected chi connectivity index (χ4v) is 2.90. The molecule has 31 heavy (non-hydrogen) atoms. The first-order valence-electron chi connectivity index (χ1n) is 8.71. The highest BCUT2D eigenvalue weighted by molar-refractivity contribution is 5.91. The van der Waals surface area contributed by atoms with E-state index in [1.54, 1.807) is 6.07 Å². The van der Waals surface area contributed by atoms with Crippen LogP contribution < -0.4 is 5.32 Å². The molecule has 4 rings (SSSR count). The van der Waals surface area contributed by atoms with Gasteiger partial charge in [-0.15, -0.1) is 0 Å². The summed E-state index contributed by atoms with van der Waals surface area (Å²) in [7, 11) is 0. The molecule has 0 aromatic carbocycles. The fourth-order valence-electron chi connectivity index (χ4n) is 2.90. The first-order valence-corrected chi connectivity index (χ1v) is 8.71. The molecule has 0 atom stereocenters. The van der Waals surface area contributed by atoms with Crippen molar-refractivity contribution in [1.29, 1.82) is 0 Å². The minimum Gasteiger partial charge on any atom is -0.354 e. The Balaban J connectivity index is 1.70. The van der Waals surface area contributed by atoms with Crippen LogP contribution in [0.3, 0.4) is 0 Å². The summed E-state index contributed by atoms with van der Waals surface area (Å²) in [6.45, 7) is 0. The second-order valence-corrected chi connectivity index (χ2v) is 6.38. The maximum absolute atomic E-state index is 13.3. The summed E-state index contributed by atoms with van der Waals surface area (Å²) in [6.07, 6.45) is -5.52. The van der Waals surface area contributed by atoms with Crippen LogP contribution in [0.25, 0.3) is 22.4 Å². The molecule has 0 radical (unpaired) electrons. The molecule has 0 bridgehead atoms. The number of alkyl halides is 6. The Bertz CT molecular complexity index is 1240. The van der Waals surface area contributed by atoms with Gasteiger partial charge < -0.3 is 5.32 Å². The lowest BCUT2D eigenvalue weighted by Gasteiger charge is -2.13. The number of halogens is 6. The van der Waals surface area contributed by atoms with Crippen molar-refractivity contribution in [1.82, 2.24) is 19.9 Å². The average molecular weight is 435 g/mol. The summed E-state index contributed by atoms with van der Waals surface area (Å²) in [5.41, 5.74) is -1.42. The molecular formula is C20H11F6N5. The van der Waals surface area contributed by atoms with Gasteiger partial charge in [-0.25, -0.2) is 15.0 Å². The molecule has 158 valence electrons. The third-order valence-electron chi connectivity index (χ3n) is 4.29. The molecule has 0 aliphatic carbocycles. The number of rotatable bonds is 3. The highest BCUT2D eigenvalue weighted by Gasteiger charge is 2.35. The Morgan fingerprint density at radius 3 is 2.23 bits per heavy atom. The van der Waals surface area contributed by atoms with Crippen LogP contribution in [0.15, 0.2) is 61.1 Å². The standard InChI is InChI=1S/C20H11F6N5/c21-19(22,23)13-2-1-8-27-17(13)15-5-4-12-14(7-9-28-18(12)31-15)30-11-3-6-16(29-10-11)20(24,25)26/h1-10H,(H,28,30,31). The van der Waals surface area contributed by atoms with Crippen molar-refractivity contribution in [2.24, 2.45) is 0 Å². The highest BCUT2D eigenvalue weighted by Crippen LogP contribution is 2.36. The smallest absolute Gasteiger partial charge is 0.354 e. The van der Waals surface area contributed by atoms with Gasteiger partial charge in [-0.2, -0.15) is 26.3 Å². The maximum Gasteiger partial charge on any atom is 0.433 e. The number of pyridine rings is 4. The van der Waals surface area contributed by atoms with Crippen molar-refractivity contribution in [3.8, 4) is 11.4 Å². The minimum atomic E-state index is -4.60. The summed E-state index contributed by atoms with van der Waals surface area (Å²) in [4.78, 5) is 15.5. The van der Waals surface area contributed by atoms with Crippen molar-refractivity contribution in [2.75, 3.05) is 5.32 Å². The topological polar surface area (TPSA) is 63.6 Å². The average Bonchev–Trinajstić information content (AvgIpc) is 2.73. The van der Waals surface area contributed by atoms with Crippen molar-refractivity contribution >= 4 is 22.4 Å². The van der Waals surface area contributed by atoms with Crippen LogP contribution in [0.4, 0.5) is 37.7 Å². The molecule has 0 spiro atoms. The van der Waals surface area contributed by atoms with E-state index < -0.39 is 23.6 Å². The SMILES string of the molecule is FC(F)(F)c1ccc(Nc2ccnc3nc(-c4ncccc4C(F)(F)F)ccc23)cn1. The number of anilines is 2. The van der Waals surface area contributed by atoms with Gasteiger partial charge >= 0.3 is 12.4 Å². The second kappa shape index (κ2) is 7.49. The number of nitrogens with one attached hydrogen (secondary N) is 1. The van der Waals surface area contributed by atoms with Crippen LogP contribution in [-0.4, -0.2) is 19.9 Å². The van der Waals surface area contributed by atoms with E-state index in [9.17, 15) is 26.3 Å². The van der Waals surface area contributed by atoms with E-state index in [2.05, 4.69) is 25.3 Å². The zero-order valence-corrected chi connectivity index (χ0v) is 15.3. The molecule has 4 aromatic rings. The molecular weight excluding hydrogens is 424 g/mol. The lowest BCUT2D eigenvalue weighted by Crippen LogP contribution is -2.09. The van der Waals surface area contributed by atoms with Gasteiger partial charge in [-0.1, -0.05) is 0 Å². The van der Waals surface area contributed by atoms with Gasteiger partial charge in [0, 0.05) is 17.8 Å². The Morgan fingerprint density at radius 2 is 1.55 bits per heavy atom. The van der Waals surface area contributed by atoms with E-state index in [1.165, 1.54) is 36.7 Å². The van der Waals surface area contributed by atoms with Crippen molar-refractivity contribution in [3.05, 3.63) is 72.3 Å². The van der Waals surface area contributed by atoms with Crippen LogP contribution in [-0.2, 0) is 12.4 Å². The number of hydrogen-bond acceptors (Lipinski definition) is 5. The number of aromatic nitrogens is 4. The van der Waals surface area contributed by atoms with Gasteiger partial charge in [0.25, 0.3) is 0 Å². The van der Waals surface area contributed by atoms with Gasteiger partial charge in [-0.05, 0) is 42.5 Å².